The molecule has 1 N–H and O–H groups in total. The lowest BCUT2D eigenvalue weighted by Crippen LogP contribution is -2.20. The summed E-state index contributed by atoms with van der Waals surface area (Å²) in [5, 5.41) is 9.10. The summed E-state index contributed by atoms with van der Waals surface area (Å²) < 4.78 is 5.43. The minimum atomic E-state index is -1.14. The third kappa shape index (κ3) is 5.76. The number of alkyl halides is 1. The van der Waals surface area contributed by atoms with Crippen molar-refractivity contribution in [1.82, 2.24) is 0 Å². The van der Waals surface area contributed by atoms with E-state index in [1.165, 1.54) is 12.1 Å². The quantitative estimate of drug-likeness (QED) is 0.423. The maximum Gasteiger partial charge on any atom is 0.339 e. The third-order valence-electron chi connectivity index (χ3n) is 3.21. The van der Waals surface area contributed by atoms with Gasteiger partial charge in [0.25, 0.3) is 0 Å². The van der Waals surface area contributed by atoms with Crippen molar-refractivity contribution >= 4 is 23.5 Å². The Morgan fingerprint density at radius 2 is 1.86 bits per heavy atom. The first kappa shape index (κ1) is 17.5. The van der Waals surface area contributed by atoms with Crippen LogP contribution in [0.3, 0.4) is 0 Å². The lowest BCUT2D eigenvalue weighted by atomic mass is 10.1. The van der Waals surface area contributed by atoms with E-state index in [1.54, 1.807) is 12.1 Å². The van der Waals surface area contributed by atoms with Crippen LogP contribution in [0.25, 0.3) is 0 Å². The van der Waals surface area contributed by atoms with Gasteiger partial charge in [0.2, 0.25) is 0 Å². The van der Waals surface area contributed by atoms with E-state index in [2.05, 4.69) is 6.92 Å². The van der Waals surface area contributed by atoms with Gasteiger partial charge in [0.15, 0.2) is 0 Å². The van der Waals surface area contributed by atoms with E-state index in [4.69, 9.17) is 21.4 Å². The topological polar surface area (TPSA) is 63.6 Å². The number of aromatic carboxylic acids is 1. The number of halogens is 1. The van der Waals surface area contributed by atoms with Gasteiger partial charge in [-0.25, -0.2) is 9.59 Å². The first-order valence-corrected chi connectivity index (χ1v) is 7.72. The lowest BCUT2D eigenvalue weighted by Gasteiger charge is -2.17. The molecule has 0 bridgehead atoms. The highest BCUT2D eigenvalue weighted by Crippen LogP contribution is 2.16. The summed E-state index contributed by atoms with van der Waals surface area (Å²) in [6.07, 6.45) is 4.19. The SMILES string of the molecule is CCCCC[C@@H](CCCl)OC(=O)c1ccccc1C(=O)O. The van der Waals surface area contributed by atoms with Gasteiger partial charge in [0.1, 0.15) is 6.10 Å². The van der Waals surface area contributed by atoms with Crippen molar-refractivity contribution in [3.8, 4) is 0 Å². The number of rotatable bonds is 9. The molecule has 0 saturated heterocycles. The van der Waals surface area contributed by atoms with E-state index in [1.807, 2.05) is 0 Å². The molecule has 0 spiro atoms. The minimum absolute atomic E-state index is 0.0410. The number of unbranched alkanes of at least 4 members (excludes halogenated alkanes) is 2. The average Bonchev–Trinajstić information content (AvgIpc) is 2.47. The van der Waals surface area contributed by atoms with Crippen molar-refractivity contribution in [2.24, 2.45) is 0 Å². The molecule has 0 aliphatic carbocycles. The number of hydrogen-bond acceptors (Lipinski definition) is 3. The molecule has 0 heterocycles. The second-order valence-corrected chi connectivity index (χ2v) is 5.23. The van der Waals surface area contributed by atoms with Gasteiger partial charge in [-0.05, 0) is 31.4 Å². The molecule has 0 aliphatic heterocycles. The predicted molar refractivity (Wildman–Crippen MR) is 82.1 cm³/mol. The summed E-state index contributed by atoms with van der Waals surface area (Å²) in [6.45, 7) is 2.10. The lowest BCUT2D eigenvalue weighted by molar-refractivity contribution is 0.0264. The first-order valence-electron chi connectivity index (χ1n) is 7.19. The maximum atomic E-state index is 12.2. The van der Waals surface area contributed by atoms with Crippen LogP contribution in [0.5, 0.6) is 0 Å². The Morgan fingerprint density at radius 1 is 1.19 bits per heavy atom. The summed E-state index contributed by atoms with van der Waals surface area (Å²) in [4.78, 5) is 23.3. The Bertz CT molecular complexity index is 473. The molecule has 0 saturated carbocycles. The van der Waals surface area contributed by atoms with Gasteiger partial charge in [0, 0.05) is 5.88 Å². The summed E-state index contributed by atoms with van der Waals surface area (Å²) in [6, 6.07) is 6.07. The minimum Gasteiger partial charge on any atom is -0.478 e. The molecule has 0 unspecified atom stereocenters. The van der Waals surface area contributed by atoms with Crippen LogP contribution < -0.4 is 0 Å². The highest BCUT2D eigenvalue weighted by atomic mass is 35.5. The third-order valence-corrected chi connectivity index (χ3v) is 3.43. The van der Waals surface area contributed by atoms with E-state index in [0.29, 0.717) is 12.3 Å². The van der Waals surface area contributed by atoms with Crippen molar-refractivity contribution < 1.29 is 19.4 Å². The number of benzene rings is 1. The van der Waals surface area contributed by atoms with Crippen LogP contribution in [0.4, 0.5) is 0 Å². The van der Waals surface area contributed by atoms with E-state index in [-0.39, 0.29) is 17.2 Å². The molecule has 0 amide bonds. The largest absolute Gasteiger partial charge is 0.478 e. The van der Waals surface area contributed by atoms with Crippen LogP contribution >= 0.6 is 11.6 Å². The summed E-state index contributed by atoms with van der Waals surface area (Å²) >= 11 is 5.73. The normalized spacial score (nSPS) is 11.9. The van der Waals surface area contributed by atoms with Crippen molar-refractivity contribution in [3.05, 3.63) is 35.4 Å². The number of hydrogen-bond donors (Lipinski definition) is 1. The molecule has 4 nitrogen and oxygen atoms in total. The molecule has 0 fully saturated rings. The Hall–Kier alpha value is -1.55. The number of carboxylic acid groups (broad SMARTS) is 1. The van der Waals surface area contributed by atoms with Crippen molar-refractivity contribution in [3.63, 3.8) is 0 Å². The number of carboxylic acids is 1. The predicted octanol–water partition coefficient (Wildman–Crippen LogP) is 4.12. The number of esters is 1. The average molecular weight is 313 g/mol. The van der Waals surface area contributed by atoms with Crippen molar-refractivity contribution in [2.45, 2.75) is 45.1 Å². The van der Waals surface area contributed by atoms with Crippen LogP contribution in [-0.4, -0.2) is 29.0 Å². The van der Waals surface area contributed by atoms with Crippen LogP contribution in [-0.2, 0) is 4.74 Å². The number of carbonyl (C=O) groups excluding carboxylic acids is 1. The van der Waals surface area contributed by atoms with Gasteiger partial charge >= 0.3 is 11.9 Å². The van der Waals surface area contributed by atoms with Gasteiger partial charge < -0.3 is 9.84 Å². The zero-order chi connectivity index (χ0) is 15.7. The van der Waals surface area contributed by atoms with E-state index >= 15 is 0 Å². The second-order valence-electron chi connectivity index (χ2n) is 4.85. The zero-order valence-electron chi connectivity index (χ0n) is 12.2. The van der Waals surface area contributed by atoms with Gasteiger partial charge in [-0.15, -0.1) is 11.6 Å². The molecule has 1 atom stereocenters. The fourth-order valence-corrected chi connectivity index (χ4v) is 2.31. The molecule has 0 aliphatic rings. The van der Waals surface area contributed by atoms with Gasteiger partial charge in [-0.2, -0.15) is 0 Å². The molecule has 116 valence electrons. The van der Waals surface area contributed by atoms with Crippen LogP contribution in [0.2, 0.25) is 0 Å². The standard InChI is InChI=1S/C16H21ClO4/c1-2-3-4-7-12(10-11-17)21-16(20)14-9-6-5-8-13(14)15(18)19/h5-6,8-9,12H,2-4,7,10-11H2,1H3,(H,18,19)/t12-/m0/s1. The highest BCUT2D eigenvalue weighted by molar-refractivity contribution is 6.17. The summed E-state index contributed by atoms with van der Waals surface area (Å²) in [7, 11) is 0. The number of carbonyl (C=O) groups is 2. The smallest absolute Gasteiger partial charge is 0.339 e. The molecular formula is C16H21ClO4. The first-order chi connectivity index (χ1) is 10.1. The molecule has 21 heavy (non-hydrogen) atoms. The molecule has 0 aromatic heterocycles. The van der Waals surface area contributed by atoms with E-state index < -0.39 is 11.9 Å². The van der Waals surface area contributed by atoms with E-state index in [9.17, 15) is 9.59 Å². The fourth-order valence-electron chi connectivity index (χ4n) is 2.07. The Kier molecular flexibility index (Phi) is 7.83. The van der Waals surface area contributed by atoms with Crippen molar-refractivity contribution in [1.29, 1.82) is 0 Å². The molecular weight excluding hydrogens is 292 g/mol. The fraction of sp³-hybridized carbons (Fsp3) is 0.500. The molecule has 0 radical (unpaired) electrons. The molecule has 1 aromatic rings. The Morgan fingerprint density at radius 3 is 2.43 bits per heavy atom. The van der Waals surface area contributed by atoms with Crippen LogP contribution in [0.1, 0.15) is 59.7 Å². The van der Waals surface area contributed by atoms with Gasteiger partial charge in [0.05, 0.1) is 11.1 Å². The molecule has 5 heteroatoms. The van der Waals surface area contributed by atoms with Crippen LogP contribution in [0, 0.1) is 0 Å². The van der Waals surface area contributed by atoms with E-state index in [0.717, 1.165) is 25.7 Å². The van der Waals surface area contributed by atoms with Gasteiger partial charge in [-0.3, -0.25) is 0 Å². The Balaban J connectivity index is 2.75. The second kappa shape index (κ2) is 9.40. The highest BCUT2D eigenvalue weighted by Gasteiger charge is 2.20. The summed E-state index contributed by atoms with van der Waals surface area (Å²) in [5.74, 6) is -1.33. The van der Waals surface area contributed by atoms with Gasteiger partial charge in [-0.1, -0.05) is 31.9 Å². The molecule has 1 rings (SSSR count). The monoisotopic (exact) mass is 312 g/mol. The summed E-state index contributed by atoms with van der Waals surface area (Å²) in [5.41, 5.74) is 0.0424. The van der Waals surface area contributed by atoms with Crippen molar-refractivity contribution in [2.75, 3.05) is 5.88 Å². The zero-order valence-corrected chi connectivity index (χ0v) is 12.9. The molecule has 1 aromatic carbocycles. The van der Waals surface area contributed by atoms with Crippen LogP contribution in [0.15, 0.2) is 24.3 Å². The Labute approximate surface area is 130 Å². The maximum absolute atomic E-state index is 12.2. The number of ether oxygens (including phenoxy) is 1.